The smallest absolute Gasteiger partial charge is 0.224 e. The Morgan fingerprint density at radius 2 is 1.90 bits per heavy atom. The zero-order chi connectivity index (χ0) is 13.5. The van der Waals surface area contributed by atoms with Crippen molar-refractivity contribution >= 4 is 5.91 Å². The Morgan fingerprint density at radius 1 is 1.15 bits per heavy atom. The van der Waals surface area contributed by atoms with E-state index in [1.54, 1.807) is 0 Å². The van der Waals surface area contributed by atoms with E-state index in [1.165, 1.54) is 31.5 Å². The number of rotatable bonds is 3. The monoisotopic (exact) mass is 270 g/mol. The lowest BCUT2D eigenvalue weighted by Gasteiger charge is -2.45. The summed E-state index contributed by atoms with van der Waals surface area (Å²) in [5.74, 6) is 1.68. The van der Waals surface area contributed by atoms with Crippen LogP contribution < -0.4 is 5.32 Å². The van der Waals surface area contributed by atoms with Crippen LogP contribution in [-0.2, 0) is 4.79 Å². The van der Waals surface area contributed by atoms with Crippen LogP contribution in [0.15, 0.2) is 30.3 Å². The Bertz CT molecular complexity index is 493. The summed E-state index contributed by atoms with van der Waals surface area (Å²) in [5.41, 5.74) is 1.32. The molecule has 2 bridgehead atoms. The van der Waals surface area contributed by atoms with Crippen LogP contribution in [0.1, 0.15) is 30.7 Å². The molecule has 3 heterocycles. The van der Waals surface area contributed by atoms with Gasteiger partial charge in [0.1, 0.15) is 0 Å². The van der Waals surface area contributed by atoms with Crippen molar-refractivity contribution < 1.29 is 4.79 Å². The molecule has 3 saturated heterocycles. The number of fused-ring (bicyclic) bond motifs is 3. The van der Waals surface area contributed by atoms with Gasteiger partial charge < -0.3 is 10.2 Å². The van der Waals surface area contributed by atoms with Gasteiger partial charge in [-0.1, -0.05) is 30.3 Å². The highest BCUT2D eigenvalue weighted by Crippen LogP contribution is 2.47. The summed E-state index contributed by atoms with van der Waals surface area (Å²) < 4.78 is 0. The number of piperidine rings is 3. The van der Waals surface area contributed by atoms with Crippen LogP contribution in [0.3, 0.4) is 0 Å². The van der Waals surface area contributed by atoms with Gasteiger partial charge >= 0.3 is 0 Å². The number of carbonyl (C=O) groups is 1. The van der Waals surface area contributed by atoms with E-state index in [1.807, 2.05) is 6.07 Å². The van der Waals surface area contributed by atoms with Gasteiger partial charge in [-0.3, -0.25) is 4.79 Å². The third kappa shape index (κ3) is 2.24. The molecule has 3 heteroatoms. The summed E-state index contributed by atoms with van der Waals surface area (Å²) in [6.45, 7) is 3.53. The molecule has 1 N–H and O–H groups in total. The maximum absolute atomic E-state index is 12.4. The van der Waals surface area contributed by atoms with Gasteiger partial charge in [0.25, 0.3) is 0 Å². The summed E-state index contributed by atoms with van der Waals surface area (Å²) in [7, 11) is 0. The summed E-state index contributed by atoms with van der Waals surface area (Å²) in [6.07, 6.45) is 3.55. The van der Waals surface area contributed by atoms with Gasteiger partial charge in [-0.05, 0) is 49.8 Å². The minimum Gasteiger partial charge on any atom is -0.352 e. The first kappa shape index (κ1) is 12.4. The van der Waals surface area contributed by atoms with Gasteiger partial charge in [0.2, 0.25) is 5.91 Å². The van der Waals surface area contributed by atoms with E-state index >= 15 is 0 Å². The van der Waals surface area contributed by atoms with Gasteiger partial charge in [0.15, 0.2) is 0 Å². The third-order valence-electron chi connectivity index (χ3n) is 5.34. The number of benzene rings is 1. The Morgan fingerprint density at radius 3 is 2.55 bits per heavy atom. The molecule has 3 nitrogen and oxygen atoms in total. The van der Waals surface area contributed by atoms with Crippen molar-refractivity contribution in [3.05, 3.63) is 35.9 Å². The van der Waals surface area contributed by atoms with E-state index in [2.05, 4.69) is 34.5 Å². The first-order chi connectivity index (χ1) is 9.81. The molecule has 0 spiro atoms. The van der Waals surface area contributed by atoms with Crippen molar-refractivity contribution in [3.63, 3.8) is 0 Å². The fraction of sp³-hybridized carbons (Fsp3) is 0.588. The fourth-order valence-electron chi connectivity index (χ4n) is 3.97. The lowest BCUT2D eigenvalue weighted by Crippen LogP contribution is -2.57. The van der Waals surface area contributed by atoms with Crippen molar-refractivity contribution in [2.24, 2.45) is 11.8 Å². The molecule has 20 heavy (non-hydrogen) atoms. The van der Waals surface area contributed by atoms with E-state index in [4.69, 9.17) is 0 Å². The van der Waals surface area contributed by atoms with Crippen LogP contribution in [0.4, 0.5) is 0 Å². The molecule has 3 atom stereocenters. The number of hydrogen-bond acceptors (Lipinski definition) is 2. The Labute approximate surface area is 120 Å². The number of carbonyl (C=O) groups excluding carboxylic acids is 1. The summed E-state index contributed by atoms with van der Waals surface area (Å²) in [5, 5.41) is 3.33. The third-order valence-corrected chi connectivity index (χ3v) is 5.34. The van der Waals surface area contributed by atoms with Crippen molar-refractivity contribution in [2.75, 3.05) is 19.6 Å². The topological polar surface area (TPSA) is 32.3 Å². The molecule has 2 unspecified atom stereocenters. The number of nitrogens with one attached hydrogen (secondary N) is 1. The molecule has 1 saturated carbocycles. The first-order valence-electron chi connectivity index (χ1n) is 7.89. The summed E-state index contributed by atoms with van der Waals surface area (Å²) >= 11 is 0. The highest BCUT2D eigenvalue weighted by molar-refractivity contribution is 5.83. The van der Waals surface area contributed by atoms with Crippen molar-refractivity contribution in [2.45, 2.75) is 31.2 Å². The van der Waals surface area contributed by atoms with E-state index in [9.17, 15) is 4.79 Å². The largest absolute Gasteiger partial charge is 0.352 e. The molecular formula is C17H22N2O. The van der Waals surface area contributed by atoms with E-state index in [-0.39, 0.29) is 11.8 Å². The van der Waals surface area contributed by atoms with Crippen LogP contribution in [0.2, 0.25) is 0 Å². The molecule has 4 fully saturated rings. The standard InChI is InChI=1S/C17H22N2O/c20-17(15-10-14(15)12-4-2-1-3-5-12)18-16-11-19-8-6-13(16)7-9-19/h1-5,13-16H,6-11H2,(H,18,20)/t14?,15?,16-/m0/s1. The average Bonchev–Trinajstić information content (AvgIpc) is 3.30. The highest BCUT2D eigenvalue weighted by Gasteiger charge is 2.45. The van der Waals surface area contributed by atoms with E-state index in [0.29, 0.717) is 12.0 Å². The fourth-order valence-corrected chi connectivity index (χ4v) is 3.97. The zero-order valence-electron chi connectivity index (χ0n) is 11.8. The van der Waals surface area contributed by atoms with Crippen LogP contribution >= 0.6 is 0 Å². The Kier molecular flexibility index (Phi) is 3.03. The van der Waals surface area contributed by atoms with Crippen LogP contribution in [0, 0.1) is 11.8 Å². The lowest BCUT2D eigenvalue weighted by molar-refractivity contribution is -0.124. The number of nitrogens with zero attached hydrogens (tertiary/aromatic N) is 1. The minimum atomic E-state index is 0.216. The predicted molar refractivity (Wildman–Crippen MR) is 78.4 cm³/mol. The minimum absolute atomic E-state index is 0.216. The quantitative estimate of drug-likeness (QED) is 0.911. The van der Waals surface area contributed by atoms with Crippen molar-refractivity contribution in [1.82, 2.24) is 10.2 Å². The molecule has 5 rings (SSSR count). The molecular weight excluding hydrogens is 248 g/mol. The van der Waals surface area contributed by atoms with Crippen molar-refractivity contribution in [3.8, 4) is 0 Å². The summed E-state index contributed by atoms with van der Waals surface area (Å²) in [6, 6.07) is 10.9. The van der Waals surface area contributed by atoms with Gasteiger partial charge in [-0.25, -0.2) is 0 Å². The molecule has 3 aliphatic heterocycles. The van der Waals surface area contributed by atoms with Crippen LogP contribution in [-0.4, -0.2) is 36.5 Å². The van der Waals surface area contributed by atoms with Crippen LogP contribution in [0.5, 0.6) is 0 Å². The highest BCUT2D eigenvalue weighted by atomic mass is 16.2. The van der Waals surface area contributed by atoms with E-state index < -0.39 is 0 Å². The average molecular weight is 270 g/mol. The zero-order valence-corrected chi connectivity index (χ0v) is 11.8. The molecule has 106 valence electrons. The predicted octanol–water partition coefficient (Wildman–Crippen LogP) is 2.00. The second kappa shape index (κ2) is 4.88. The van der Waals surface area contributed by atoms with E-state index in [0.717, 1.165) is 18.9 Å². The second-order valence-corrected chi connectivity index (χ2v) is 6.61. The molecule has 1 amide bonds. The maximum atomic E-state index is 12.4. The number of hydrogen-bond donors (Lipinski definition) is 1. The maximum Gasteiger partial charge on any atom is 0.224 e. The van der Waals surface area contributed by atoms with Gasteiger partial charge in [0, 0.05) is 18.5 Å². The van der Waals surface area contributed by atoms with Gasteiger partial charge in [0.05, 0.1) is 0 Å². The molecule has 0 aromatic heterocycles. The van der Waals surface area contributed by atoms with Crippen molar-refractivity contribution in [1.29, 1.82) is 0 Å². The molecule has 1 aromatic carbocycles. The molecule has 1 aliphatic carbocycles. The number of amides is 1. The SMILES string of the molecule is O=C(N[C@H]1CN2CCC1CC2)C1CC1c1ccccc1. The Balaban J connectivity index is 1.36. The Hall–Kier alpha value is -1.35. The van der Waals surface area contributed by atoms with Crippen LogP contribution in [0.25, 0.3) is 0 Å². The van der Waals surface area contributed by atoms with Gasteiger partial charge in [-0.2, -0.15) is 0 Å². The summed E-state index contributed by atoms with van der Waals surface area (Å²) in [4.78, 5) is 14.9. The normalized spacial score (nSPS) is 38.5. The first-order valence-corrected chi connectivity index (χ1v) is 7.89. The molecule has 4 aliphatic rings. The van der Waals surface area contributed by atoms with Gasteiger partial charge in [-0.15, -0.1) is 0 Å². The lowest BCUT2D eigenvalue weighted by atomic mass is 9.84. The molecule has 1 aromatic rings. The molecule has 0 radical (unpaired) electrons. The second-order valence-electron chi connectivity index (χ2n) is 6.61.